The van der Waals surface area contributed by atoms with E-state index in [0.717, 1.165) is 0 Å². The number of anilines is 2. The van der Waals surface area contributed by atoms with Crippen LogP contribution in [0.3, 0.4) is 0 Å². The molecule has 0 spiro atoms. The summed E-state index contributed by atoms with van der Waals surface area (Å²) in [5.41, 5.74) is 0.486. The van der Waals surface area contributed by atoms with Crippen LogP contribution in [0.1, 0.15) is 16.8 Å². The van der Waals surface area contributed by atoms with Gasteiger partial charge in [-0.25, -0.2) is 12.7 Å². The quantitative estimate of drug-likeness (QED) is 0.791. The first-order valence-corrected chi connectivity index (χ1v) is 10.1. The number of nitrogens with one attached hydrogen (secondary N) is 1. The first-order chi connectivity index (χ1) is 13.3. The molecule has 0 aliphatic carbocycles. The average molecular weight is 425 g/mol. The van der Waals surface area contributed by atoms with Crippen LogP contribution in [0.2, 0.25) is 5.02 Å². The molecule has 0 radical (unpaired) electrons. The highest BCUT2D eigenvalue weighted by Gasteiger charge is 2.37. The second-order valence-corrected chi connectivity index (χ2v) is 8.26. The lowest BCUT2D eigenvalue weighted by molar-refractivity contribution is -0.116. The number of hydrogen-bond acceptors (Lipinski definition) is 6. The summed E-state index contributed by atoms with van der Waals surface area (Å²) >= 11 is 6.09. The maximum absolute atomic E-state index is 12.7. The fourth-order valence-electron chi connectivity index (χ4n) is 2.75. The first kappa shape index (κ1) is 20.0. The van der Waals surface area contributed by atoms with Crippen molar-refractivity contribution in [2.24, 2.45) is 0 Å². The number of amides is 2. The van der Waals surface area contributed by atoms with E-state index in [0.29, 0.717) is 21.5 Å². The summed E-state index contributed by atoms with van der Waals surface area (Å²) in [7, 11) is -0.835. The molecule has 8 nitrogen and oxygen atoms in total. The third-order valence-electron chi connectivity index (χ3n) is 4.16. The lowest BCUT2D eigenvalue weighted by atomic mass is 10.1. The lowest BCUT2D eigenvalue weighted by Gasteiger charge is -2.17. The van der Waals surface area contributed by atoms with Crippen molar-refractivity contribution in [2.45, 2.75) is 6.42 Å². The normalized spacial score (nSPS) is 15.4. The fourth-order valence-corrected chi connectivity index (χ4v) is 4.47. The minimum atomic E-state index is -3.80. The van der Waals surface area contributed by atoms with Gasteiger partial charge < -0.3 is 14.8 Å². The van der Waals surface area contributed by atoms with E-state index in [1.165, 1.54) is 32.4 Å². The molecule has 2 aromatic carbocycles. The van der Waals surface area contributed by atoms with Crippen molar-refractivity contribution in [3.8, 4) is 11.5 Å². The van der Waals surface area contributed by atoms with Gasteiger partial charge >= 0.3 is 0 Å². The third-order valence-corrected chi connectivity index (χ3v) is 6.16. The van der Waals surface area contributed by atoms with Crippen LogP contribution in [0.15, 0.2) is 36.4 Å². The van der Waals surface area contributed by atoms with Gasteiger partial charge in [0.05, 0.1) is 36.4 Å². The van der Waals surface area contributed by atoms with Gasteiger partial charge in [0.2, 0.25) is 15.9 Å². The summed E-state index contributed by atoms with van der Waals surface area (Å²) in [4.78, 5) is 24.7. The molecule has 2 amide bonds. The zero-order valence-electron chi connectivity index (χ0n) is 15.1. The van der Waals surface area contributed by atoms with Gasteiger partial charge in [0.1, 0.15) is 11.5 Å². The molecule has 2 aromatic rings. The number of halogens is 1. The topological polar surface area (TPSA) is 102 Å². The molecule has 0 saturated carbocycles. The molecule has 10 heteroatoms. The number of benzene rings is 2. The summed E-state index contributed by atoms with van der Waals surface area (Å²) in [6, 6.07) is 8.96. The molecule has 0 atom stereocenters. The highest BCUT2D eigenvalue weighted by Crippen LogP contribution is 2.34. The van der Waals surface area contributed by atoms with E-state index >= 15 is 0 Å². The molecule has 1 aliphatic heterocycles. The molecular weight excluding hydrogens is 408 g/mol. The van der Waals surface area contributed by atoms with Crippen molar-refractivity contribution >= 4 is 44.8 Å². The second-order valence-electron chi connectivity index (χ2n) is 5.91. The van der Waals surface area contributed by atoms with E-state index in [9.17, 15) is 18.0 Å². The van der Waals surface area contributed by atoms with Crippen molar-refractivity contribution in [1.29, 1.82) is 0 Å². The third kappa shape index (κ3) is 3.76. The lowest BCUT2D eigenvalue weighted by Crippen LogP contribution is -2.30. The Morgan fingerprint density at radius 3 is 2.50 bits per heavy atom. The Kier molecular flexibility index (Phi) is 5.48. The Morgan fingerprint density at radius 1 is 1.14 bits per heavy atom. The van der Waals surface area contributed by atoms with Gasteiger partial charge in [0.15, 0.2) is 0 Å². The van der Waals surface area contributed by atoms with Crippen LogP contribution in [0.4, 0.5) is 11.4 Å². The zero-order valence-corrected chi connectivity index (χ0v) is 16.6. The van der Waals surface area contributed by atoms with E-state index in [1.807, 2.05) is 0 Å². The summed E-state index contributed by atoms with van der Waals surface area (Å²) in [5.74, 6) is -0.455. The van der Waals surface area contributed by atoms with Crippen LogP contribution in [-0.2, 0) is 14.8 Å². The van der Waals surface area contributed by atoms with Crippen LogP contribution in [0.25, 0.3) is 0 Å². The van der Waals surface area contributed by atoms with Crippen molar-refractivity contribution < 1.29 is 27.5 Å². The van der Waals surface area contributed by atoms with Crippen LogP contribution in [0.5, 0.6) is 11.5 Å². The molecule has 0 bridgehead atoms. The molecule has 1 N–H and O–H groups in total. The summed E-state index contributed by atoms with van der Waals surface area (Å²) in [6.07, 6.45) is -0.127. The molecule has 1 aliphatic rings. The summed E-state index contributed by atoms with van der Waals surface area (Å²) < 4.78 is 35.3. The molecule has 1 fully saturated rings. The van der Waals surface area contributed by atoms with Crippen LogP contribution in [0, 0.1) is 0 Å². The maximum atomic E-state index is 12.7. The standard InChI is InChI=1S/C18H17ClN2O6S/c1-26-12-4-6-14(16(10-12)27-2)20-18(23)11-3-5-13(19)15(9-11)21-17(22)7-8-28(21,24)25/h3-6,9-10H,7-8H2,1-2H3,(H,20,23). The van der Waals surface area contributed by atoms with Gasteiger partial charge in [0, 0.05) is 18.1 Å². The number of rotatable bonds is 5. The predicted octanol–water partition coefficient (Wildman–Crippen LogP) is 2.68. The molecule has 1 saturated heterocycles. The molecule has 28 heavy (non-hydrogen) atoms. The minimum Gasteiger partial charge on any atom is -0.497 e. The average Bonchev–Trinajstić information content (AvgIpc) is 2.95. The molecule has 3 rings (SSSR count). The largest absolute Gasteiger partial charge is 0.497 e. The minimum absolute atomic E-state index is 0.0430. The maximum Gasteiger partial charge on any atom is 0.255 e. The Labute approximate surface area is 167 Å². The number of ether oxygens (including phenoxy) is 2. The Balaban J connectivity index is 1.93. The van der Waals surface area contributed by atoms with E-state index in [1.54, 1.807) is 18.2 Å². The Hall–Kier alpha value is -2.78. The number of hydrogen-bond donors (Lipinski definition) is 1. The number of nitrogens with zero attached hydrogens (tertiary/aromatic N) is 1. The highest BCUT2D eigenvalue weighted by molar-refractivity contribution is 7.94. The fraction of sp³-hybridized carbons (Fsp3) is 0.222. The van der Waals surface area contributed by atoms with E-state index in [-0.39, 0.29) is 28.4 Å². The van der Waals surface area contributed by atoms with Crippen molar-refractivity contribution in [1.82, 2.24) is 0 Å². The van der Waals surface area contributed by atoms with Gasteiger partial charge in [-0.05, 0) is 30.3 Å². The molecule has 0 unspecified atom stereocenters. The predicted molar refractivity (Wildman–Crippen MR) is 105 cm³/mol. The van der Waals surface area contributed by atoms with Crippen LogP contribution >= 0.6 is 11.6 Å². The number of sulfonamides is 1. The van der Waals surface area contributed by atoms with Crippen molar-refractivity contribution in [3.05, 3.63) is 47.0 Å². The van der Waals surface area contributed by atoms with E-state index in [4.69, 9.17) is 21.1 Å². The van der Waals surface area contributed by atoms with Crippen molar-refractivity contribution in [2.75, 3.05) is 29.6 Å². The van der Waals surface area contributed by atoms with Gasteiger partial charge in [-0.15, -0.1) is 0 Å². The van der Waals surface area contributed by atoms with E-state index in [2.05, 4.69) is 5.32 Å². The van der Waals surface area contributed by atoms with Gasteiger partial charge in [0.25, 0.3) is 5.91 Å². The molecule has 148 valence electrons. The highest BCUT2D eigenvalue weighted by atomic mass is 35.5. The molecule has 0 aromatic heterocycles. The van der Waals surface area contributed by atoms with Gasteiger partial charge in [-0.1, -0.05) is 11.6 Å². The van der Waals surface area contributed by atoms with E-state index < -0.39 is 21.8 Å². The summed E-state index contributed by atoms with van der Waals surface area (Å²) in [6.45, 7) is 0. The van der Waals surface area contributed by atoms with Crippen LogP contribution < -0.4 is 19.1 Å². The van der Waals surface area contributed by atoms with Gasteiger partial charge in [-0.2, -0.15) is 0 Å². The second kappa shape index (κ2) is 7.69. The van der Waals surface area contributed by atoms with Crippen molar-refractivity contribution in [3.63, 3.8) is 0 Å². The number of carbonyl (C=O) groups is 2. The monoisotopic (exact) mass is 424 g/mol. The van der Waals surface area contributed by atoms with Crippen LogP contribution in [-0.4, -0.2) is 40.2 Å². The zero-order chi connectivity index (χ0) is 20.5. The molecule has 1 heterocycles. The Bertz CT molecular complexity index is 1050. The SMILES string of the molecule is COc1ccc(NC(=O)c2ccc(Cl)c(N3C(=O)CCS3(=O)=O)c2)c(OC)c1. The Morgan fingerprint density at radius 2 is 1.89 bits per heavy atom. The smallest absolute Gasteiger partial charge is 0.255 e. The summed E-state index contributed by atoms with van der Waals surface area (Å²) in [5, 5.41) is 2.74. The first-order valence-electron chi connectivity index (χ1n) is 8.15. The molecular formula is C18H17ClN2O6S. The number of carbonyl (C=O) groups excluding carboxylic acids is 2. The number of methoxy groups -OCH3 is 2. The van der Waals surface area contributed by atoms with Gasteiger partial charge in [-0.3, -0.25) is 9.59 Å².